The highest BCUT2D eigenvalue weighted by Crippen LogP contribution is 2.40. The molecule has 22 atom stereocenters. The lowest BCUT2D eigenvalue weighted by Crippen LogP contribution is -2.72. The Kier molecular flexibility index (Phi) is 19.0. The number of ether oxygens (including phenoxy) is 8. The first-order valence-corrected chi connectivity index (χ1v) is 20.2. The van der Waals surface area contributed by atoms with Crippen molar-refractivity contribution in [3.05, 3.63) is 0 Å². The Morgan fingerprint density at radius 1 is 0.667 bits per heavy atom. The summed E-state index contributed by atoms with van der Waals surface area (Å²) in [7, 11) is 0. The van der Waals surface area contributed by atoms with Gasteiger partial charge in [0.2, 0.25) is 11.8 Å². The monoisotopic (exact) mass is 966 g/mol. The molecule has 380 valence electrons. The Morgan fingerprint density at radius 3 is 1.68 bits per heavy atom. The van der Waals surface area contributed by atoms with Crippen molar-refractivity contribution in [3.8, 4) is 0 Å². The molecule has 30 heteroatoms. The molecule has 4 heterocycles. The maximum atomic E-state index is 13.2. The Balaban J connectivity index is 1.74. The second-order valence-corrected chi connectivity index (χ2v) is 16.0. The number of hydrogen-bond acceptors (Lipinski definition) is 26. The molecule has 4 aliphatic rings. The van der Waals surface area contributed by atoms with Crippen LogP contribution in [-0.2, 0) is 61.9 Å². The predicted octanol–water partition coefficient (Wildman–Crippen LogP) is -10.5. The molecule has 4 saturated heterocycles. The van der Waals surface area contributed by atoms with Gasteiger partial charge in [-0.1, -0.05) is 0 Å². The van der Waals surface area contributed by atoms with Crippen LogP contribution in [0.5, 0.6) is 0 Å². The minimum absolute atomic E-state index is 0.846. The number of carbonyl (C=O) groups excluding carboxylic acids is 3. The number of aliphatic hydroxyl groups excluding tert-OH is 13. The van der Waals surface area contributed by atoms with Gasteiger partial charge in [-0.2, -0.15) is 0 Å². The first kappa shape index (κ1) is 55.1. The third-order valence-electron chi connectivity index (χ3n) is 11.2. The van der Waals surface area contributed by atoms with Crippen LogP contribution in [0, 0.1) is 0 Å². The summed E-state index contributed by atoms with van der Waals surface area (Å²) < 4.78 is 43.8. The van der Waals surface area contributed by atoms with Crippen molar-refractivity contribution in [1.82, 2.24) is 10.6 Å². The van der Waals surface area contributed by atoms with Crippen molar-refractivity contribution in [2.75, 3.05) is 26.4 Å². The zero-order valence-electron chi connectivity index (χ0n) is 35.3. The van der Waals surface area contributed by atoms with Crippen molar-refractivity contribution in [3.63, 3.8) is 0 Å². The van der Waals surface area contributed by atoms with E-state index in [0.29, 0.717) is 0 Å². The average Bonchev–Trinajstić information content (AvgIpc) is 3.24. The van der Waals surface area contributed by atoms with Gasteiger partial charge in [0.05, 0.1) is 50.7 Å². The second kappa shape index (κ2) is 22.8. The van der Waals surface area contributed by atoms with Crippen LogP contribution in [0.4, 0.5) is 0 Å². The zero-order chi connectivity index (χ0) is 49.7. The number of esters is 1. The van der Waals surface area contributed by atoms with Crippen molar-refractivity contribution in [1.29, 1.82) is 0 Å². The molecule has 0 aromatic heterocycles. The molecule has 2 amide bonds. The van der Waals surface area contributed by atoms with Crippen molar-refractivity contribution < 1.29 is 138 Å². The van der Waals surface area contributed by atoms with E-state index in [9.17, 15) is 101 Å². The maximum absolute atomic E-state index is 13.2. The van der Waals surface area contributed by atoms with E-state index in [0.717, 1.165) is 20.8 Å². The summed E-state index contributed by atoms with van der Waals surface area (Å²) in [5.41, 5.74) is 0. The number of carboxylic acid groups (broad SMARTS) is 2. The number of rotatable bonds is 19. The van der Waals surface area contributed by atoms with Crippen LogP contribution in [0.1, 0.15) is 33.6 Å². The first-order valence-electron chi connectivity index (χ1n) is 20.2. The van der Waals surface area contributed by atoms with Gasteiger partial charge >= 0.3 is 17.9 Å². The van der Waals surface area contributed by atoms with E-state index in [1.54, 1.807) is 0 Å². The number of aliphatic hydroxyl groups is 13. The summed E-state index contributed by atoms with van der Waals surface area (Å²) in [4.78, 5) is 62.8. The van der Waals surface area contributed by atoms with Gasteiger partial charge in [0, 0.05) is 33.6 Å². The lowest BCUT2D eigenvalue weighted by atomic mass is 9.87. The van der Waals surface area contributed by atoms with Crippen LogP contribution in [-0.4, -0.2) is 267 Å². The molecule has 0 bridgehead atoms. The largest absolute Gasteiger partial charge is 0.477 e. The van der Waals surface area contributed by atoms with E-state index < -0.39 is 203 Å². The molecule has 4 fully saturated rings. The molecule has 0 spiro atoms. The third-order valence-corrected chi connectivity index (χ3v) is 11.2. The first-order chi connectivity index (χ1) is 30.8. The minimum Gasteiger partial charge on any atom is -0.477 e. The van der Waals surface area contributed by atoms with Gasteiger partial charge in [-0.05, 0) is 0 Å². The van der Waals surface area contributed by atoms with Crippen LogP contribution in [0.3, 0.4) is 0 Å². The Bertz CT molecular complexity index is 1680. The van der Waals surface area contributed by atoms with Crippen LogP contribution < -0.4 is 10.6 Å². The van der Waals surface area contributed by atoms with Gasteiger partial charge in [-0.15, -0.1) is 0 Å². The number of carbonyl (C=O) groups is 5. The lowest BCUT2D eigenvalue weighted by Gasteiger charge is -2.51. The van der Waals surface area contributed by atoms with E-state index in [2.05, 4.69) is 10.6 Å². The molecule has 0 unspecified atom stereocenters. The summed E-state index contributed by atoms with van der Waals surface area (Å²) in [6.45, 7) is -1.97. The molecular formula is C36H58N2O28. The van der Waals surface area contributed by atoms with Gasteiger partial charge in [-0.3, -0.25) is 14.4 Å². The van der Waals surface area contributed by atoms with E-state index >= 15 is 0 Å². The van der Waals surface area contributed by atoms with Crippen LogP contribution in [0.15, 0.2) is 0 Å². The van der Waals surface area contributed by atoms with Crippen molar-refractivity contribution in [2.24, 2.45) is 0 Å². The number of aliphatic carboxylic acids is 2. The van der Waals surface area contributed by atoms with E-state index in [-0.39, 0.29) is 0 Å². The summed E-state index contributed by atoms with van der Waals surface area (Å²) in [6.07, 6.45) is -40.8. The van der Waals surface area contributed by atoms with Gasteiger partial charge < -0.3 is 125 Å². The molecule has 0 saturated carbocycles. The van der Waals surface area contributed by atoms with Gasteiger partial charge in [0.1, 0.15) is 79.4 Å². The predicted molar refractivity (Wildman–Crippen MR) is 201 cm³/mol. The fourth-order valence-corrected chi connectivity index (χ4v) is 8.08. The van der Waals surface area contributed by atoms with Crippen LogP contribution >= 0.6 is 0 Å². The van der Waals surface area contributed by atoms with Gasteiger partial charge in [0.25, 0.3) is 11.6 Å². The Morgan fingerprint density at radius 2 is 1.20 bits per heavy atom. The number of amides is 2. The highest BCUT2D eigenvalue weighted by molar-refractivity contribution is 5.77. The molecule has 30 nitrogen and oxygen atoms in total. The fourth-order valence-electron chi connectivity index (χ4n) is 8.08. The summed E-state index contributed by atoms with van der Waals surface area (Å²) >= 11 is 0. The summed E-state index contributed by atoms with van der Waals surface area (Å²) in [6, 6.07) is -3.62. The smallest absolute Gasteiger partial charge is 0.364 e. The molecule has 0 radical (unpaired) electrons. The molecular weight excluding hydrogens is 908 g/mol. The fraction of sp³-hybridized carbons (Fsp3) is 0.861. The standard InChI is InChI=1S/C36H58N2O28/c1-10(43)37-19-13(46)5-36(34(57)58,66-30-21(49)16(7-40)61-32(25(30)53)62-27-18(9-42)60-31(54)24(52)23(27)51)64-28(19)22(50)17(8-41)63-35(33(55)56)4-14(47)20(38-11(2)44)29(65-35)26(15(48)6-39)59-12(3)45/h13-32,39-42,46-54H,4-9H2,1-3H3,(H,37,43)(H,38,44)(H,55,56)(H,57,58)/t13-,14-,15+,16+,17+,18+,19+,20+,21-,22+,23+,24+,25+,26+,27+,28+,29+,30-,31+,32-,35+,36-/m0/s1. The molecule has 4 rings (SSSR count). The molecule has 0 aromatic carbocycles. The molecule has 17 N–H and O–H groups in total. The molecule has 0 aromatic rings. The average molecular weight is 967 g/mol. The van der Waals surface area contributed by atoms with Crippen molar-refractivity contribution >= 4 is 29.7 Å². The van der Waals surface area contributed by atoms with E-state index in [1.165, 1.54) is 0 Å². The summed E-state index contributed by atoms with van der Waals surface area (Å²) in [5.74, 6) is -13.9. The number of hydrogen-bond donors (Lipinski definition) is 17. The quantitative estimate of drug-likeness (QED) is 0.0535. The van der Waals surface area contributed by atoms with E-state index in [4.69, 9.17) is 37.9 Å². The SMILES string of the molecule is CC(=O)N[C@H]1[C@H]([C@H](OC(C)=O)[C@H](O)CO)O[C@@](O[C@H](CO)[C@@H](O)[C@@H]2O[C@@](O[C@H]3[C@@H](O)[C@@H](CO)O[C@@H](O[C@H]4[C@H](O)[C@@H](O)[C@H](O)O[C@@H]4CO)[C@@H]3O)(C(=O)O)C[C@H](O)[C@H]2NC(C)=O)(C(=O)O)C[C@@H]1O. The van der Waals surface area contributed by atoms with Crippen LogP contribution in [0.2, 0.25) is 0 Å². The van der Waals surface area contributed by atoms with Gasteiger partial charge in [-0.25, -0.2) is 9.59 Å². The second-order valence-electron chi connectivity index (χ2n) is 16.0. The van der Waals surface area contributed by atoms with E-state index in [1.807, 2.05) is 0 Å². The number of carboxylic acids is 2. The highest BCUT2D eigenvalue weighted by atomic mass is 16.8. The molecule has 0 aliphatic carbocycles. The normalized spacial score (nSPS) is 41.4. The maximum Gasteiger partial charge on any atom is 0.364 e. The lowest BCUT2D eigenvalue weighted by molar-refractivity contribution is -0.387. The third kappa shape index (κ3) is 11.9. The number of nitrogens with one attached hydrogen (secondary N) is 2. The topological polar surface area (TPSA) is 487 Å². The Hall–Kier alpha value is -3.45. The Labute approximate surface area is 372 Å². The minimum atomic E-state index is -3.35. The van der Waals surface area contributed by atoms with Gasteiger partial charge in [0.15, 0.2) is 18.7 Å². The highest BCUT2D eigenvalue weighted by Gasteiger charge is 2.62. The molecule has 66 heavy (non-hydrogen) atoms. The molecule has 4 aliphatic heterocycles. The van der Waals surface area contributed by atoms with Crippen molar-refractivity contribution in [2.45, 2.75) is 168 Å². The summed E-state index contributed by atoms with van der Waals surface area (Å²) in [5, 5.41) is 164. The van der Waals surface area contributed by atoms with Crippen LogP contribution in [0.25, 0.3) is 0 Å². The zero-order valence-corrected chi connectivity index (χ0v) is 35.3.